The van der Waals surface area contributed by atoms with Crippen molar-refractivity contribution in [2.75, 3.05) is 6.61 Å². The van der Waals surface area contributed by atoms with Crippen LogP contribution in [-0.4, -0.2) is 6.61 Å². The van der Waals surface area contributed by atoms with Crippen LogP contribution in [0.1, 0.15) is 35.9 Å². The highest BCUT2D eigenvalue weighted by molar-refractivity contribution is 9.12. The van der Waals surface area contributed by atoms with Crippen molar-refractivity contribution in [3.05, 3.63) is 49.0 Å². The SMILES string of the molecule is NC(CC1CCOc2ccccc21)c1cc(Br)sc1Br. The molecule has 2 heterocycles. The number of benzene rings is 1. The topological polar surface area (TPSA) is 35.2 Å². The van der Waals surface area contributed by atoms with Gasteiger partial charge >= 0.3 is 0 Å². The standard InChI is InChI=1S/C15H15Br2NOS/c16-14-8-11(15(17)20-14)12(18)7-9-5-6-19-13-4-2-1-3-10(9)13/h1-4,8-9,12H,5-7,18H2. The number of hydrogen-bond donors (Lipinski definition) is 1. The van der Waals surface area contributed by atoms with Crippen LogP contribution < -0.4 is 10.5 Å². The summed E-state index contributed by atoms with van der Waals surface area (Å²) in [4.78, 5) is 0. The molecule has 2 N–H and O–H groups in total. The smallest absolute Gasteiger partial charge is 0.122 e. The molecule has 1 aliphatic heterocycles. The number of rotatable bonds is 3. The molecule has 3 rings (SSSR count). The molecule has 5 heteroatoms. The second-order valence-electron chi connectivity index (χ2n) is 4.99. The average molecular weight is 417 g/mol. The number of hydrogen-bond acceptors (Lipinski definition) is 3. The lowest BCUT2D eigenvalue weighted by atomic mass is 9.86. The largest absolute Gasteiger partial charge is 0.493 e. The normalized spacial score (nSPS) is 19.2. The number of halogens is 2. The van der Waals surface area contributed by atoms with Crippen LogP contribution in [0.3, 0.4) is 0 Å². The first kappa shape index (κ1) is 14.6. The van der Waals surface area contributed by atoms with Crippen LogP contribution in [0.5, 0.6) is 5.75 Å². The lowest BCUT2D eigenvalue weighted by Crippen LogP contribution is -2.20. The molecular weight excluding hydrogens is 402 g/mol. The van der Waals surface area contributed by atoms with Gasteiger partial charge in [0, 0.05) is 6.04 Å². The Labute approximate surface area is 139 Å². The monoisotopic (exact) mass is 415 g/mol. The molecule has 2 unspecified atom stereocenters. The molecule has 2 aromatic rings. The summed E-state index contributed by atoms with van der Waals surface area (Å²) in [6, 6.07) is 10.5. The molecule has 0 bridgehead atoms. The van der Waals surface area contributed by atoms with Crippen LogP contribution >= 0.6 is 43.2 Å². The highest BCUT2D eigenvalue weighted by atomic mass is 79.9. The minimum Gasteiger partial charge on any atom is -0.493 e. The zero-order valence-corrected chi connectivity index (χ0v) is 14.8. The Morgan fingerprint density at radius 3 is 2.90 bits per heavy atom. The van der Waals surface area contributed by atoms with Crippen LogP contribution in [0.15, 0.2) is 37.9 Å². The highest BCUT2D eigenvalue weighted by Crippen LogP contribution is 2.41. The van der Waals surface area contributed by atoms with Gasteiger partial charge < -0.3 is 10.5 Å². The summed E-state index contributed by atoms with van der Waals surface area (Å²) >= 11 is 8.79. The third-order valence-electron chi connectivity index (χ3n) is 3.70. The van der Waals surface area contributed by atoms with Gasteiger partial charge in [0.05, 0.1) is 14.2 Å². The Hall–Kier alpha value is -0.360. The van der Waals surface area contributed by atoms with E-state index < -0.39 is 0 Å². The van der Waals surface area contributed by atoms with E-state index in [4.69, 9.17) is 10.5 Å². The molecule has 2 nitrogen and oxygen atoms in total. The van der Waals surface area contributed by atoms with Gasteiger partial charge in [-0.25, -0.2) is 0 Å². The first-order valence-electron chi connectivity index (χ1n) is 6.57. The number of fused-ring (bicyclic) bond motifs is 1. The zero-order valence-electron chi connectivity index (χ0n) is 10.8. The second-order valence-corrected chi connectivity index (χ2v) is 8.74. The van der Waals surface area contributed by atoms with Crippen LogP contribution in [0.2, 0.25) is 0 Å². The van der Waals surface area contributed by atoms with Gasteiger partial charge in [-0.3, -0.25) is 0 Å². The van der Waals surface area contributed by atoms with Gasteiger partial charge in [-0.15, -0.1) is 11.3 Å². The van der Waals surface area contributed by atoms with Crippen molar-refractivity contribution in [3.8, 4) is 5.75 Å². The molecular formula is C15H15Br2NOS. The summed E-state index contributed by atoms with van der Waals surface area (Å²) in [5.74, 6) is 1.49. The van der Waals surface area contributed by atoms with Crippen LogP contribution in [0, 0.1) is 0 Å². The third kappa shape index (κ3) is 2.96. The minimum absolute atomic E-state index is 0.0445. The third-order valence-corrected chi connectivity index (χ3v) is 6.09. The van der Waals surface area contributed by atoms with E-state index in [0.717, 1.165) is 32.8 Å². The van der Waals surface area contributed by atoms with Gasteiger partial charge in [0.15, 0.2) is 0 Å². The molecule has 0 aliphatic carbocycles. The lowest BCUT2D eigenvalue weighted by molar-refractivity contribution is 0.259. The van der Waals surface area contributed by atoms with Crippen molar-refractivity contribution in [1.82, 2.24) is 0 Å². The van der Waals surface area contributed by atoms with Crippen molar-refractivity contribution in [3.63, 3.8) is 0 Å². The Morgan fingerprint density at radius 1 is 1.35 bits per heavy atom. The van der Waals surface area contributed by atoms with E-state index in [0.29, 0.717) is 5.92 Å². The fourth-order valence-electron chi connectivity index (χ4n) is 2.70. The molecule has 2 atom stereocenters. The van der Waals surface area contributed by atoms with Crippen LogP contribution in [0.25, 0.3) is 0 Å². The van der Waals surface area contributed by atoms with Crippen molar-refractivity contribution in [2.45, 2.75) is 24.8 Å². The van der Waals surface area contributed by atoms with Gasteiger partial charge in [0.25, 0.3) is 0 Å². The van der Waals surface area contributed by atoms with Crippen molar-refractivity contribution in [2.24, 2.45) is 5.73 Å². The number of para-hydroxylation sites is 1. The van der Waals surface area contributed by atoms with Crippen molar-refractivity contribution in [1.29, 1.82) is 0 Å². The quantitative estimate of drug-likeness (QED) is 0.743. The molecule has 0 spiro atoms. The molecule has 106 valence electrons. The number of nitrogens with two attached hydrogens (primary N) is 1. The predicted molar refractivity (Wildman–Crippen MR) is 90.6 cm³/mol. The molecule has 20 heavy (non-hydrogen) atoms. The fraction of sp³-hybridized carbons (Fsp3) is 0.333. The van der Waals surface area contributed by atoms with Gasteiger partial charge in [-0.05, 0) is 73.9 Å². The average Bonchev–Trinajstić information content (AvgIpc) is 2.78. The minimum atomic E-state index is 0.0445. The summed E-state index contributed by atoms with van der Waals surface area (Å²) < 4.78 is 7.95. The van der Waals surface area contributed by atoms with E-state index in [9.17, 15) is 0 Å². The molecule has 0 saturated heterocycles. The molecule has 1 aliphatic rings. The maximum atomic E-state index is 6.41. The molecule has 0 amide bonds. The summed E-state index contributed by atoms with van der Waals surface area (Å²) in [5.41, 5.74) is 8.89. The summed E-state index contributed by atoms with van der Waals surface area (Å²) in [5, 5.41) is 0. The summed E-state index contributed by atoms with van der Waals surface area (Å²) in [6.45, 7) is 0.781. The highest BCUT2D eigenvalue weighted by Gasteiger charge is 2.25. The summed E-state index contributed by atoms with van der Waals surface area (Å²) in [7, 11) is 0. The Bertz CT molecular complexity index is 614. The predicted octanol–water partition coefficient (Wildman–Crippen LogP) is 5.23. The van der Waals surface area contributed by atoms with E-state index in [2.05, 4.69) is 50.1 Å². The van der Waals surface area contributed by atoms with E-state index in [-0.39, 0.29) is 6.04 Å². The van der Waals surface area contributed by atoms with Crippen molar-refractivity contribution >= 4 is 43.2 Å². The van der Waals surface area contributed by atoms with Crippen LogP contribution in [-0.2, 0) is 0 Å². The molecule has 0 saturated carbocycles. The fourth-order valence-corrected chi connectivity index (χ4v) is 5.70. The van der Waals surface area contributed by atoms with Gasteiger partial charge in [-0.2, -0.15) is 0 Å². The van der Waals surface area contributed by atoms with Gasteiger partial charge in [-0.1, -0.05) is 18.2 Å². The molecule has 1 aromatic heterocycles. The Balaban J connectivity index is 1.80. The molecule has 0 radical (unpaired) electrons. The number of ether oxygens (including phenoxy) is 1. The first-order chi connectivity index (χ1) is 9.65. The van der Waals surface area contributed by atoms with E-state index in [1.165, 1.54) is 11.1 Å². The van der Waals surface area contributed by atoms with Crippen molar-refractivity contribution < 1.29 is 4.74 Å². The number of thiophene rings is 1. The summed E-state index contributed by atoms with van der Waals surface area (Å²) in [6.07, 6.45) is 1.98. The maximum Gasteiger partial charge on any atom is 0.122 e. The Kier molecular flexibility index (Phi) is 4.50. The first-order valence-corrected chi connectivity index (χ1v) is 8.97. The van der Waals surface area contributed by atoms with E-state index in [1.54, 1.807) is 11.3 Å². The van der Waals surface area contributed by atoms with Gasteiger partial charge in [0.2, 0.25) is 0 Å². The molecule has 1 aromatic carbocycles. The zero-order chi connectivity index (χ0) is 14.1. The lowest BCUT2D eigenvalue weighted by Gasteiger charge is -2.27. The van der Waals surface area contributed by atoms with E-state index in [1.807, 2.05) is 12.1 Å². The van der Waals surface area contributed by atoms with E-state index >= 15 is 0 Å². The van der Waals surface area contributed by atoms with Crippen LogP contribution in [0.4, 0.5) is 0 Å². The maximum absolute atomic E-state index is 6.41. The second kappa shape index (κ2) is 6.18. The van der Waals surface area contributed by atoms with Gasteiger partial charge in [0.1, 0.15) is 5.75 Å². The Morgan fingerprint density at radius 2 is 2.15 bits per heavy atom. The molecule has 0 fully saturated rings.